The minimum Gasteiger partial charge on any atom is -0.354 e. The Balaban J connectivity index is 2.52. The fraction of sp³-hybridized carbons (Fsp3) is 0.500. The van der Waals surface area contributed by atoms with Crippen LogP contribution in [0.4, 0.5) is 4.39 Å². The van der Waals surface area contributed by atoms with E-state index in [1.54, 1.807) is 26.4 Å². The van der Waals surface area contributed by atoms with E-state index in [2.05, 4.69) is 5.32 Å². The topological polar surface area (TPSA) is 30.5 Å². The highest BCUT2D eigenvalue weighted by atomic mass is 35.5. The monoisotopic (exact) mass is 261 g/mol. The van der Waals surface area contributed by atoms with Crippen LogP contribution in [0.3, 0.4) is 0 Å². The summed E-state index contributed by atoms with van der Waals surface area (Å²) in [5.41, 5.74) is 0.824. The van der Waals surface area contributed by atoms with Gasteiger partial charge in [-0.2, -0.15) is 0 Å². The van der Waals surface area contributed by atoms with Crippen molar-refractivity contribution < 1.29 is 13.9 Å². The molecule has 0 aliphatic carbocycles. The van der Waals surface area contributed by atoms with Crippen LogP contribution in [-0.2, 0) is 16.0 Å². The highest BCUT2D eigenvalue weighted by Crippen LogP contribution is 2.15. The lowest BCUT2D eigenvalue weighted by molar-refractivity contribution is -0.119. The maximum absolute atomic E-state index is 13.2. The lowest BCUT2D eigenvalue weighted by Gasteiger charge is -2.22. The van der Waals surface area contributed by atoms with Crippen LogP contribution in [0.5, 0.6) is 0 Å². The fourth-order valence-electron chi connectivity index (χ4n) is 1.53. The van der Waals surface area contributed by atoms with Crippen molar-refractivity contribution in [2.24, 2.45) is 0 Å². The molecule has 0 saturated heterocycles. The largest absolute Gasteiger partial charge is 0.354 e. The van der Waals surface area contributed by atoms with E-state index in [1.165, 1.54) is 6.07 Å². The van der Waals surface area contributed by atoms with Crippen LogP contribution in [0.2, 0.25) is 5.02 Å². The molecule has 96 valence electrons. The zero-order valence-corrected chi connectivity index (χ0v) is 10.9. The number of hydrogen-bond acceptors (Lipinski definition) is 3. The second-order valence-corrected chi connectivity index (χ2v) is 4.17. The quantitative estimate of drug-likeness (QED) is 0.799. The first kappa shape index (κ1) is 14.4. The average Bonchev–Trinajstić information content (AvgIpc) is 2.32. The lowest BCUT2D eigenvalue weighted by atomic mass is 10.2. The molecule has 0 amide bonds. The van der Waals surface area contributed by atoms with Crippen molar-refractivity contribution in [3.05, 3.63) is 34.6 Å². The minimum absolute atomic E-state index is 0.00346. The van der Waals surface area contributed by atoms with E-state index < -0.39 is 5.82 Å². The standard InChI is InChI=1S/C12H17ClFNO2/c1-8(12(16-2)17-3)15-7-9-4-5-10(13)11(14)6-9/h4-6,8,12,15H,7H2,1-3H3. The van der Waals surface area contributed by atoms with Gasteiger partial charge in [-0.05, 0) is 24.6 Å². The maximum atomic E-state index is 13.2. The fourth-order valence-corrected chi connectivity index (χ4v) is 1.65. The molecule has 1 aromatic carbocycles. The summed E-state index contributed by atoms with van der Waals surface area (Å²) in [6.45, 7) is 2.46. The summed E-state index contributed by atoms with van der Waals surface area (Å²) in [4.78, 5) is 0. The zero-order chi connectivity index (χ0) is 12.8. The summed E-state index contributed by atoms with van der Waals surface area (Å²) < 4.78 is 23.4. The van der Waals surface area contributed by atoms with Gasteiger partial charge in [0.25, 0.3) is 0 Å². The van der Waals surface area contributed by atoms with Gasteiger partial charge in [0.1, 0.15) is 5.82 Å². The first-order chi connectivity index (χ1) is 8.08. The van der Waals surface area contributed by atoms with E-state index in [0.29, 0.717) is 6.54 Å². The van der Waals surface area contributed by atoms with E-state index in [-0.39, 0.29) is 17.4 Å². The van der Waals surface area contributed by atoms with Crippen molar-refractivity contribution in [1.29, 1.82) is 0 Å². The van der Waals surface area contributed by atoms with E-state index in [1.807, 2.05) is 6.92 Å². The van der Waals surface area contributed by atoms with Gasteiger partial charge in [-0.1, -0.05) is 17.7 Å². The third-order valence-corrected chi connectivity index (χ3v) is 2.79. The van der Waals surface area contributed by atoms with Gasteiger partial charge in [0, 0.05) is 20.8 Å². The van der Waals surface area contributed by atoms with E-state index >= 15 is 0 Å². The van der Waals surface area contributed by atoms with Crippen LogP contribution in [0, 0.1) is 5.82 Å². The maximum Gasteiger partial charge on any atom is 0.171 e. The molecule has 0 saturated carbocycles. The number of benzene rings is 1. The molecule has 0 fully saturated rings. The summed E-state index contributed by atoms with van der Waals surface area (Å²) >= 11 is 5.60. The predicted molar refractivity (Wildman–Crippen MR) is 65.5 cm³/mol. The number of halogens is 2. The molecule has 1 N–H and O–H groups in total. The van der Waals surface area contributed by atoms with Gasteiger partial charge in [0.15, 0.2) is 6.29 Å². The number of rotatable bonds is 6. The number of hydrogen-bond donors (Lipinski definition) is 1. The van der Waals surface area contributed by atoms with E-state index in [0.717, 1.165) is 5.56 Å². The predicted octanol–water partition coefficient (Wildman–Crippen LogP) is 2.58. The van der Waals surface area contributed by atoms with Gasteiger partial charge in [-0.3, -0.25) is 0 Å². The molecule has 1 aromatic rings. The Morgan fingerprint density at radius 2 is 2.00 bits per heavy atom. The van der Waals surface area contributed by atoms with E-state index in [4.69, 9.17) is 21.1 Å². The molecule has 3 nitrogen and oxygen atoms in total. The van der Waals surface area contributed by atoms with Gasteiger partial charge < -0.3 is 14.8 Å². The van der Waals surface area contributed by atoms with Crippen LogP contribution in [-0.4, -0.2) is 26.6 Å². The summed E-state index contributed by atoms with van der Waals surface area (Å²) in [6.07, 6.45) is -0.327. The third kappa shape index (κ3) is 4.24. The number of nitrogens with one attached hydrogen (secondary N) is 1. The average molecular weight is 262 g/mol. The Labute approximate surface area is 106 Å². The highest BCUT2D eigenvalue weighted by molar-refractivity contribution is 6.30. The molecule has 0 radical (unpaired) electrons. The Bertz CT molecular complexity index is 358. The second-order valence-electron chi connectivity index (χ2n) is 3.76. The zero-order valence-electron chi connectivity index (χ0n) is 10.2. The van der Waals surface area contributed by atoms with Crippen molar-refractivity contribution in [1.82, 2.24) is 5.32 Å². The van der Waals surface area contributed by atoms with Gasteiger partial charge in [-0.25, -0.2) is 4.39 Å². The first-order valence-corrected chi connectivity index (χ1v) is 5.69. The number of ether oxygens (including phenoxy) is 2. The molecule has 17 heavy (non-hydrogen) atoms. The molecule has 5 heteroatoms. The van der Waals surface area contributed by atoms with Crippen molar-refractivity contribution in [3.63, 3.8) is 0 Å². The molecule has 0 bridgehead atoms. The molecule has 0 aromatic heterocycles. The van der Waals surface area contributed by atoms with Crippen molar-refractivity contribution in [3.8, 4) is 0 Å². The van der Waals surface area contributed by atoms with Gasteiger partial charge in [0.2, 0.25) is 0 Å². The molecule has 1 rings (SSSR count). The molecule has 0 aliphatic rings. The Kier molecular flexibility index (Phi) is 5.85. The van der Waals surface area contributed by atoms with Crippen molar-refractivity contribution >= 4 is 11.6 Å². The van der Waals surface area contributed by atoms with Crippen molar-refractivity contribution in [2.75, 3.05) is 14.2 Å². The van der Waals surface area contributed by atoms with Gasteiger partial charge >= 0.3 is 0 Å². The second kappa shape index (κ2) is 6.91. The summed E-state index contributed by atoms with van der Waals surface area (Å²) in [5.74, 6) is -0.409. The minimum atomic E-state index is -0.409. The molecule has 0 heterocycles. The smallest absolute Gasteiger partial charge is 0.171 e. The van der Waals surface area contributed by atoms with E-state index in [9.17, 15) is 4.39 Å². The van der Waals surface area contributed by atoms with Gasteiger partial charge in [-0.15, -0.1) is 0 Å². The molecule has 1 atom stereocenters. The number of methoxy groups -OCH3 is 2. The van der Waals surface area contributed by atoms with Crippen molar-refractivity contribution in [2.45, 2.75) is 25.8 Å². The first-order valence-electron chi connectivity index (χ1n) is 5.31. The molecule has 1 unspecified atom stereocenters. The SMILES string of the molecule is COC(OC)C(C)NCc1ccc(Cl)c(F)c1. The van der Waals surface area contributed by atoms with Crippen LogP contribution in [0.15, 0.2) is 18.2 Å². The third-order valence-electron chi connectivity index (χ3n) is 2.49. The normalized spacial score (nSPS) is 13.1. The summed E-state index contributed by atoms with van der Waals surface area (Å²) in [7, 11) is 3.16. The lowest BCUT2D eigenvalue weighted by Crippen LogP contribution is -2.39. The van der Waals surface area contributed by atoms with Crippen LogP contribution in [0.1, 0.15) is 12.5 Å². The molecule has 0 aliphatic heterocycles. The summed E-state index contributed by atoms with van der Waals surface area (Å²) in [6, 6.07) is 4.74. The Morgan fingerprint density at radius 1 is 1.35 bits per heavy atom. The molecule has 0 spiro atoms. The summed E-state index contributed by atoms with van der Waals surface area (Å²) in [5, 5.41) is 3.32. The highest BCUT2D eigenvalue weighted by Gasteiger charge is 2.14. The van der Waals surface area contributed by atoms with Crippen LogP contribution in [0.25, 0.3) is 0 Å². The van der Waals surface area contributed by atoms with Crippen LogP contribution < -0.4 is 5.32 Å². The molecular weight excluding hydrogens is 245 g/mol. The molecular formula is C12H17ClFNO2. The van der Waals surface area contributed by atoms with Crippen LogP contribution >= 0.6 is 11.6 Å². The Morgan fingerprint density at radius 3 is 2.53 bits per heavy atom. The Hall–Kier alpha value is -0.680. The van der Waals surface area contributed by atoms with Gasteiger partial charge in [0.05, 0.1) is 11.1 Å².